The highest BCUT2D eigenvalue weighted by atomic mass is 16.7. The molecule has 0 radical (unpaired) electrons. The molecule has 0 bridgehead atoms. The molecule has 28 heavy (non-hydrogen) atoms. The zero-order valence-electron chi connectivity index (χ0n) is 15.1. The molecule has 0 aliphatic heterocycles. The highest BCUT2D eigenvalue weighted by Gasteiger charge is 2.09. The van der Waals surface area contributed by atoms with E-state index in [2.05, 4.69) is 0 Å². The lowest BCUT2D eigenvalue weighted by atomic mass is 10.1. The molecule has 138 valence electrons. The van der Waals surface area contributed by atoms with Crippen molar-refractivity contribution in [3.8, 4) is 17.2 Å². The number of hydrogen-bond acceptors (Lipinski definition) is 4. The maximum absolute atomic E-state index is 12.3. The third-order valence-corrected chi connectivity index (χ3v) is 4.20. The molecule has 0 spiro atoms. The monoisotopic (exact) mass is 370 g/mol. The van der Waals surface area contributed by atoms with E-state index in [1.807, 2.05) is 78.9 Å². The van der Waals surface area contributed by atoms with E-state index >= 15 is 0 Å². The first kappa shape index (κ1) is 17.6. The van der Waals surface area contributed by atoms with Crippen molar-refractivity contribution in [2.45, 2.75) is 0 Å². The second-order valence-corrected chi connectivity index (χ2v) is 6.15. The predicted molar refractivity (Wildman–Crippen MR) is 108 cm³/mol. The maximum atomic E-state index is 12.3. The summed E-state index contributed by atoms with van der Waals surface area (Å²) in [5.74, 6) is 1.59. The normalized spacial score (nSPS) is 10.4. The molecule has 4 aromatic carbocycles. The zero-order valence-corrected chi connectivity index (χ0v) is 15.1. The molecule has 0 N–H and O–H groups in total. The molecule has 0 fully saturated rings. The molecule has 4 aromatic rings. The Morgan fingerprint density at radius 2 is 1.21 bits per heavy atom. The first-order valence-electron chi connectivity index (χ1n) is 8.90. The lowest BCUT2D eigenvalue weighted by Crippen LogP contribution is -2.08. The Hall–Kier alpha value is -3.79. The number of esters is 1. The lowest BCUT2D eigenvalue weighted by Gasteiger charge is -2.10. The molecule has 4 nitrogen and oxygen atoms in total. The summed E-state index contributed by atoms with van der Waals surface area (Å²) in [4.78, 5) is 12.3. The first-order chi connectivity index (χ1) is 13.8. The van der Waals surface area contributed by atoms with Crippen LogP contribution < -0.4 is 14.2 Å². The van der Waals surface area contributed by atoms with Gasteiger partial charge in [-0.3, -0.25) is 0 Å². The highest BCUT2D eigenvalue weighted by Crippen LogP contribution is 2.23. The van der Waals surface area contributed by atoms with Crippen LogP contribution in [0.5, 0.6) is 17.2 Å². The van der Waals surface area contributed by atoms with Gasteiger partial charge in [-0.25, -0.2) is 4.79 Å². The Balaban J connectivity index is 1.43. The molecule has 0 aliphatic rings. The maximum Gasteiger partial charge on any atom is 0.343 e. The van der Waals surface area contributed by atoms with E-state index in [9.17, 15) is 4.79 Å². The Labute approximate surface area is 162 Å². The van der Waals surface area contributed by atoms with Crippen molar-refractivity contribution in [1.82, 2.24) is 0 Å². The van der Waals surface area contributed by atoms with Gasteiger partial charge in [-0.15, -0.1) is 0 Å². The molecule has 0 aromatic heterocycles. The molecule has 0 amide bonds. The van der Waals surface area contributed by atoms with Gasteiger partial charge in [0.1, 0.15) is 17.2 Å². The summed E-state index contributed by atoms with van der Waals surface area (Å²) in [6, 6.07) is 29.6. The first-order valence-corrected chi connectivity index (χ1v) is 8.90. The molecule has 0 saturated carbocycles. The van der Waals surface area contributed by atoms with Crippen LogP contribution in [0.1, 0.15) is 10.4 Å². The summed E-state index contributed by atoms with van der Waals surface area (Å²) in [5.41, 5.74) is 0.498. The van der Waals surface area contributed by atoms with Gasteiger partial charge in [0, 0.05) is 0 Å². The quantitative estimate of drug-likeness (QED) is 0.256. The number of para-hydroxylation sites is 2. The van der Waals surface area contributed by atoms with Gasteiger partial charge in [0.25, 0.3) is 0 Å². The van der Waals surface area contributed by atoms with Crippen molar-refractivity contribution in [3.05, 3.63) is 103 Å². The Morgan fingerprint density at radius 1 is 0.607 bits per heavy atom. The summed E-state index contributed by atoms with van der Waals surface area (Å²) in [6.07, 6.45) is 0. The van der Waals surface area contributed by atoms with Crippen LogP contribution in [0.15, 0.2) is 97.1 Å². The van der Waals surface area contributed by atoms with E-state index < -0.39 is 0 Å². The van der Waals surface area contributed by atoms with E-state index in [4.69, 9.17) is 14.2 Å². The number of ether oxygens (including phenoxy) is 3. The summed E-state index contributed by atoms with van der Waals surface area (Å²) in [6.45, 7) is 0.122. The molecule has 0 aliphatic carbocycles. The molecule has 0 unspecified atom stereocenters. The van der Waals surface area contributed by atoms with Crippen LogP contribution >= 0.6 is 0 Å². The SMILES string of the molecule is O=C(Oc1ccccc1)c1ccc2cc(OCOc3ccccc3)ccc2c1. The predicted octanol–water partition coefficient (Wildman–Crippen LogP) is 5.47. The summed E-state index contributed by atoms with van der Waals surface area (Å²) < 4.78 is 16.6. The fourth-order valence-electron chi connectivity index (χ4n) is 2.78. The van der Waals surface area contributed by atoms with Gasteiger partial charge in [0.05, 0.1) is 5.56 Å². The highest BCUT2D eigenvalue weighted by molar-refractivity contribution is 5.96. The Bertz CT molecular complexity index is 1080. The van der Waals surface area contributed by atoms with E-state index in [1.54, 1.807) is 18.2 Å². The Morgan fingerprint density at radius 3 is 1.96 bits per heavy atom. The number of hydrogen-bond donors (Lipinski definition) is 0. The lowest BCUT2D eigenvalue weighted by molar-refractivity contribution is 0.0735. The van der Waals surface area contributed by atoms with Crippen LogP contribution in [0.4, 0.5) is 0 Å². The van der Waals surface area contributed by atoms with Gasteiger partial charge in [0.15, 0.2) is 0 Å². The van der Waals surface area contributed by atoms with Crippen molar-refractivity contribution in [2.24, 2.45) is 0 Å². The molecule has 0 atom stereocenters. The standard InChI is InChI=1S/C24H18O4/c25-24(28-22-9-5-2-6-10-22)20-12-11-19-16-23(14-13-18(19)15-20)27-17-26-21-7-3-1-4-8-21/h1-16H,17H2. The van der Waals surface area contributed by atoms with E-state index in [1.165, 1.54) is 0 Å². The van der Waals surface area contributed by atoms with Gasteiger partial charge >= 0.3 is 5.97 Å². The van der Waals surface area contributed by atoms with Crippen molar-refractivity contribution >= 4 is 16.7 Å². The summed E-state index contributed by atoms with van der Waals surface area (Å²) >= 11 is 0. The van der Waals surface area contributed by atoms with Gasteiger partial charge in [-0.1, -0.05) is 48.5 Å². The molecule has 0 saturated heterocycles. The second-order valence-electron chi connectivity index (χ2n) is 6.15. The number of fused-ring (bicyclic) bond motifs is 1. The number of carbonyl (C=O) groups excluding carboxylic acids is 1. The molecule has 4 heteroatoms. The van der Waals surface area contributed by atoms with Crippen molar-refractivity contribution < 1.29 is 19.0 Å². The van der Waals surface area contributed by atoms with Gasteiger partial charge in [-0.2, -0.15) is 0 Å². The van der Waals surface area contributed by atoms with Crippen molar-refractivity contribution in [1.29, 1.82) is 0 Å². The van der Waals surface area contributed by atoms with Crippen LogP contribution in [0.2, 0.25) is 0 Å². The zero-order chi connectivity index (χ0) is 19.2. The van der Waals surface area contributed by atoms with Crippen LogP contribution in [0.3, 0.4) is 0 Å². The summed E-state index contributed by atoms with van der Waals surface area (Å²) in [7, 11) is 0. The van der Waals surface area contributed by atoms with Crippen LogP contribution in [-0.2, 0) is 0 Å². The van der Waals surface area contributed by atoms with E-state index in [-0.39, 0.29) is 12.8 Å². The van der Waals surface area contributed by atoms with Gasteiger partial charge in [-0.05, 0) is 59.3 Å². The minimum absolute atomic E-state index is 0.122. The van der Waals surface area contributed by atoms with Crippen LogP contribution in [-0.4, -0.2) is 12.8 Å². The number of carbonyl (C=O) groups is 1. The minimum Gasteiger partial charge on any atom is -0.458 e. The second kappa shape index (κ2) is 8.27. The fraction of sp³-hybridized carbons (Fsp3) is 0.0417. The van der Waals surface area contributed by atoms with Gasteiger partial charge < -0.3 is 14.2 Å². The average Bonchev–Trinajstić information content (AvgIpc) is 2.75. The number of benzene rings is 4. The largest absolute Gasteiger partial charge is 0.458 e. The van der Waals surface area contributed by atoms with Crippen molar-refractivity contribution in [3.63, 3.8) is 0 Å². The molecule has 0 heterocycles. The molecular formula is C24H18O4. The smallest absolute Gasteiger partial charge is 0.343 e. The summed E-state index contributed by atoms with van der Waals surface area (Å²) in [5, 5.41) is 1.90. The van der Waals surface area contributed by atoms with Crippen LogP contribution in [0, 0.1) is 0 Å². The molecule has 4 rings (SSSR count). The van der Waals surface area contributed by atoms with E-state index in [0.29, 0.717) is 17.1 Å². The van der Waals surface area contributed by atoms with Crippen molar-refractivity contribution in [2.75, 3.05) is 6.79 Å². The van der Waals surface area contributed by atoms with Gasteiger partial charge in [0.2, 0.25) is 6.79 Å². The van der Waals surface area contributed by atoms with E-state index in [0.717, 1.165) is 16.5 Å². The minimum atomic E-state index is -0.385. The third-order valence-electron chi connectivity index (χ3n) is 4.20. The fourth-order valence-corrected chi connectivity index (χ4v) is 2.78. The van der Waals surface area contributed by atoms with Crippen LogP contribution in [0.25, 0.3) is 10.8 Å². The number of rotatable bonds is 6. The average molecular weight is 370 g/mol. The topological polar surface area (TPSA) is 44.8 Å². The Kier molecular flexibility index (Phi) is 5.20. The third kappa shape index (κ3) is 4.30. The molecular weight excluding hydrogens is 352 g/mol.